The van der Waals surface area contributed by atoms with E-state index in [9.17, 15) is 0 Å². The number of thioether (sulfide) groups is 1. The molecule has 1 aromatic rings. The van der Waals surface area contributed by atoms with Crippen LogP contribution in [0.25, 0.3) is 0 Å². The van der Waals surface area contributed by atoms with Gasteiger partial charge in [0.1, 0.15) is 0 Å². The van der Waals surface area contributed by atoms with Crippen molar-refractivity contribution in [2.75, 3.05) is 12.4 Å². The highest BCUT2D eigenvalue weighted by atomic mass is 32.2. The quantitative estimate of drug-likeness (QED) is 0.171. The molecule has 1 heterocycles. The summed E-state index contributed by atoms with van der Waals surface area (Å²) < 4.78 is 0. The number of hydrogen-bond acceptors (Lipinski definition) is 5. The number of hydrogen-bond donors (Lipinski definition) is 3. The van der Waals surface area contributed by atoms with Crippen LogP contribution in [0.2, 0.25) is 0 Å². The number of rotatable bonds is 5. The molecule has 0 bridgehead atoms. The summed E-state index contributed by atoms with van der Waals surface area (Å²) >= 11 is 1.52. The van der Waals surface area contributed by atoms with Gasteiger partial charge < -0.3 is 16.0 Å². The van der Waals surface area contributed by atoms with Crippen molar-refractivity contribution in [1.82, 2.24) is 4.98 Å². The molecule has 0 aliphatic heterocycles. The molecule has 0 radical (unpaired) electrons. The number of nitrogens with zero attached hydrogens (tertiary/aromatic N) is 2. The zero-order valence-electron chi connectivity index (χ0n) is 8.13. The largest absolute Gasteiger partial charge is 0.409 e. The van der Waals surface area contributed by atoms with Gasteiger partial charge in [-0.3, -0.25) is 4.98 Å². The number of aromatic nitrogens is 1. The third kappa shape index (κ3) is 3.41. The molecule has 0 aromatic carbocycles. The smallest absolute Gasteiger partial charge is 0.171 e. The van der Waals surface area contributed by atoms with Crippen molar-refractivity contribution in [3.63, 3.8) is 0 Å². The minimum atomic E-state index is 0.0731. The molecule has 0 aliphatic rings. The Balaban J connectivity index is 2.77. The molecule has 0 unspecified atom stereocenters. The van der Waals surface area contributed by atoms with E-state index in [1.807, 2.05) is 0 Å². The molecule has 0 spiro atoms. The van der Waals surface area contributed by atoms with E-state index in [2.05, 4.69) is 10.1 Å². The lowest BCUT2D eigenvalue weighted by Gasteiger charge is -2.05. The summed E-state index contributed by atoms with van der Waals surface area (Å²) in [5.74, 6) is 0.845. The third-order valence-corrected chi connectivity index (χ3v) is 2.86. The van der Waals surface area contributed by atoms with E-state index in [1.165, 1.54) is 11.8 Å². The highest BCUT2D eigenvalue weighted by Crippen LogP contribution is 2.21. The fourth-order valence-corrected chi connectivity index (χ4v) is 1.96. The van der Waals surface area contributed by atoms with Crippen molar-refractivity contribution in [3.8, 4) is 0 Å². The first-order chi connectivity index (χ1) is 7.29. The summed E-state index contributed by atoms with van der Waals surface area (Å²) in [7, 11) is 0. The molecule has 1 aromatic heterocycles. The molecule has 4 N–H and O–H groups in total. The normalized spacial score (nSPS) is 11.7. The summed E-state index contributed by atoms with van der Waals surface area (Å²) in [6.07, 6.45) is 3.95. The van der Waals surface area contributed by atoms with Crippen LogP contribution in [0.4, 0.5) is 0 Å². The maximum atomic E-state index is 8.65. The Morgan fingerprint density at radius 2 is 2.40 bits per heavy atom. The van der Waals surface area contributed by atoms with E-state index < -0.39 is 0 Å². The average molecular weight is 227 g/mol. The predicted octanol–water partition coefficient (Wildman–Crippen LogP) is 0.651. The van der Waals surface area contributed by atoms with Crippen molar-refractivity contribution >= 4 is 17.6 Å². The van der Waals surface area contributed by atoms with Gasteiger partial charge in [0, 0.05) is 35.2 Å². The van der Waals surface area contributed by atoms with E-state index in [4.69, 9.17) is 16.0 Å². The average Bonchev–Trinajstić information content (AvgIpc) is 2.29. The topological polar surface area (TPSA) is 91.7 Å². The van der Waals surface area contributed by atoms with Gasteiger partial charge in [0.05, 0.1) is 0 Å². The second-order valence-corrected chi connectivity index (χ2v) is 3.92. The molecule has 0 saturated carbocycles. The number of nitrogens with two attached hydrogens (primary N) is 1. The van der Waals surface area contributed by atoms with Gasteiger partial charge >= 0.3 is 0 Å². The van der Waals surface area contributed by atoms with Crippen LogP contribution >= 0.6 is 11.8 Å². The van der Waals surface area contributed by atoms with Crippen LogP contribution in [0.15, 0.2) is 28.5 Å². The van der Waals surface area contributed by atoms with Crippen LogP contribution in [0.3, 0.4) is 0 Å². The standard InChI is InChI=1S/C9H13N3O2S/c10-9(12-14)7-2-3-11-6-8(7)15-5-1-4-13/h2-3,6,13-14H,1,4-5H2,(H2,10,12). The number of aliphatic hydroxyl groups excluding tert-OH is 1. The van der Waals surface area contributed by atoms with Crippen LogP contribution in [0.5, 0.6) is 0 Å². The van der Waals surface area contributed by atoms with Crippen molar-refractivity contribution < 1.29 is 10.3 Å². The van der Waals surface area contributed by atoms with Gasteiger partial charge in [-0.15, -0.1) is 11.8 Å². The Labute approximate surface area is 92.0 Å². The zero-order chi connectivity index (χ0) is 11.1. The Bertz CT molecular complexity index is 344. The monoisotopic (exact) mass is 227 g/mol. The van der Waals surface area contributed by atoms with Crippen molar-refractivity contribution in [2.24, 2.45) is 10.9 Å². The van der Waals surface area contributed by atoms with Gasteiger partial charge in [0.2, 0.25) is 0 Å². The lowest BCUT2D eigenvalue weighted by Crippen LogP contribution is -2.14. The molecule has 1 rings (SSSR count). The van der Waals surface area contributed by atoms with E-state index in [0.29, 0.717) is 12.0 Å². The summed E-state index contributed by atoms with van der Waals surface area (Å²) in [6.45, 7) is 0.159. The summed E-state index contributed by atoms with van der Waals surface area (Å²) in [5, 5.41) is 20.2. The molecule has 82 valence electrons. The minimum absolute atomic E-state index is 0.0731. The Kier molecular flexibility index (Phi) is 4.92. The fraction of sp³-hybridized carbons (Fsp3) is 0.333. The lowest BCUT2D eigenvalue weighted by molar-refractivity contribution is 0.296. The van der Waals surface area contributed by atoms with Gasteiger partial charge in [0.25, 0.3) is 0 Å². The van der Waals surface area contributed by atoms with Crippen molar-refractivity contribution in [2.45, 2.75) is 11.3 Å². The van der Waals surface area contributed by atoms with Crippen LogP contribution in [-0.4, -0.2) is 33.5 Å². The Morgan fingerprint density at radius 1 is 1.60 bits per heavy atom. The minimum Gasteiger partial charge on any atom is -0.409 e. The SMILES string of the molecule is N/C(=N/O)c1ccncc1SCCCO. The van der Waals surface area contributed by atoms with Crippen LogP contribution in [0.1, 0.15) is 12.0 Å². The fourth-order valence-electron chi connectivity index (χ4n) is 1.01. The molecule has 0 atom stereocenters. The number of oxime groups is 1. The Hall–Kier alpha value is -1.27. The van der Waals surface area contributed by atoms with Gasteiger partial charge in [0.15, 0.2) is 5.84 Å². The Morgan fingerprint density at radius 3 is 3.07 bits per heavy atom. The number of pyridine rings is 1. The number of aliphatic hydroxyl groups is 1. The molecule has 0 saturated heterocycles. The van der Waals surface area contributed by atoms with Crippen molar-refractivity contribution in [1.29, 1.82) is 0 Å². The predicted molar refractivity (Wildman–Crippen MR) is 59.2 cm³/mol. The third-order valence-electron chi connectivity index (χ3n) is 1.73. The lowest BCUT2D eigenvalue weighted by atomic mass is 10.2. The zero-order valence-corrected chi connectivity index (χ0v) is 8.94. The molecular formula is C9H13N3O2S. The summed E-state index contributed by atoms with van der Waals surface area (Å²) in [5.41, 5.74) is 6.17. The highest BCUT2D eigenvalue weighted by molar-refractivity contribution is 7.99. The van der Waals surface area contributed by atoms with Gasteiger partial charge in [-0.05, 0) is 12.5 Å². The first-order valence-electron chi connectivity index (χ1n) is 4.45. The summed E-state index contributed by atoms with van der Waals surface area (Å²) in [4.78, 5) is 4.81. The molecular weight excluding hydrogens is 214 g/mol. The summed E-state index contributed by atoms with van der Waals surface area (Å²) in [6, 6.07) is 1.69. The second-order valence-electron chi connectivity index (χ2n) is 2.78. The molecule has 0 amide bonds. The first-order valence-corrected chi connectivity index (χ1v) is 5.43. The van der Waals surface area contributed by atoms with Gasteiger partial charge in [-0.25, -0.2) is 0 Å². The number of amidine groups is 1. The molecule has 6 heteroatoms. The maximum Gasteiger partial charge on any atom is 0.171 e. The maximum absolute atomic E-state index is 8.65. The van der Waals surface area contributed by atoms with Crippen LogP contribution in [-0.2, 0) is 0 Å². The van der Waals surface area contributed by atoms with Crippen LogP contribution < -0.4 is 5.73 Å². The van der Waals surface area contributed by atoms with Gasteiger partial charge in [-0.2, -0.15) is 0 Å². The molecule has 15 heavy (non-hydrogen) atoms. The molecule has 5 nitrogen and oxygen atoms in total. The van der Waals surface area contributed by atoms with Crippen molar-refractivity contribution in [3.05, 3.63) is 24.0 Å². The van der Waals surface area contributed by atoms with E-state index in [-0.39, 0.29) is 12.4 Å². The van der Waals surface area contributed by atoms with Crippen LogP contribution in [0, 0.1) is 0 Å². The van der Waals surface area contributed by atoms with E-state index in [0.717, 1.165) is 10.6 Å². The second kappa shape index (κ2) is 6.26. The van der Waals surface area contributed by atoms with E-state index >= 15 is 0 Å². The first kappa shape index (κ1) is 11.8. The molecule has 0 fully saturated rings. The van der Waals surface area contributed by atoms with Gasteiger partial charge in [-0.1, -0.05) is 5.16 Å². The molecule has 0 aliphatic carbocycles. The van der Waals surface area contributed by atoms with E-state index in [1.54, 1.807) is 18.5 Å². The highest BCUT2D eigenvalue weighted by Gasteiger charge is 2.06.